The molecule has 82 valence electrons. The van der Waals surface area contributed by atoms with Crippen molar-refractivity contribution in [1.82, 2.24) is 0 Å². The van der Waals surface area contributed by atoms with Crippen LogP contribution >= 0.6 is 39.1 Å². The molecule has 1 aromatic rings. The number of carbonyl (C=O) groups excluding carboxylic acids is 1. The zero-order chi connectivity index (χ0) is 11.4. The van der Waals surface area contributed by atoms with Gasteiger partial charge in [0.1, 0.15) is 5.88 Å². The van der Waals surface area contributed by atoms with Crippen LogP contribution in [0, 0.1) is 0 Å². The minimum absolute atomic E-state index is 0.134. The predicted molar refractivity (Wildman–Crippen MR) is 64.4 cm³/mol. The average Bonchev–Trinajstić information content (AvgIpc) is 2.24. The molecule has 0 aliphatic carbocycles. The monoisotopic (exact) mass is 311 g/mol. The molecule has 1 aromatic carbocycles. The number of amides is 1. The van der Waals surface area contributed by atoms with Gasteiger partial charge in [0.15, 0.2) is 0 Å². The first-order valence-electron chi connectivity index (χ1n) is 4.03. The number of alkyl halides is 1. The summed E-state index contributed by atoms with van der Waals surface area (Å²) in [6.07, 6.45) is 0. The summed E-state index contributed by atoms with van der Waals surface area (Å²) >= 11 is 14.4. The van der Waals surface area contributed by atoms with Gasteiger partial charge < -0.3 is 10.4 Å². The van der Waals surface area contributed by atoms with Crippen molar-refractivity contribution in [2.24, 2.45) is 0 Å². The quantitative estimate of drug-likeness (QED) is 0.843. The van der Waals surface area contributed by atoms with E-state index in [0.717, 1.165) is 0 Å². The Hall–Kier alpha value is -0.290. The van der Waals surface area contributed by atoms with Crippen LogP contribution in [0.15, 0.2) is 16.6 Å². The molecular formula is C9H8BrCl2NO2. The number of aliphatic hydroxyl groups is 1. The average molecular weight is 313 g/mol. The Bertz CT molecular complexity index is 385. The Kier molecular flexibility index (Phi) is 4.86. The summed E-state index contributed by atoms with van der Waals surface area (Å²) in [7, 11) is 0. The topological polar surface area (TPSA) is 49.3 Å². The van der Waals surface area contributed by atoms with Gasteiger partial charge in [0, 0.05) is 15.7 Å². The lowest BCUT2D eigenvalue weighted by Gasteiger charge is -2.11. The van der Waals surface area contributed by atoms with E-state index in [0.29, 0.717) is 20.7 Å². The maximum Gasteiger partial charge on any atom is 0.239 e. The number of nitrogens with one attached hydrogen (secondary N) is 1. The number of aliphatic hydroxyl groups excluding tert-OH is 1. The highest BCUT2D eigenvalue weighted by Gasteiger charge is 2.11. The summed E-state index contributed by atoms with van der Waals surface area (Å²) in [5.41, 5.74) is 1.03. The van der Waals surface area contributed by atoms with Crippen LogP contribution in [0.4, 0.5) is 5.69 Å². The van der Waals surface area contributed by atoms with E-state index >= 15 is 0 Å². The molecule has 0 saturated carbocycles. The molecule has 0 bridgehead atoms. The van der Waals surface area contributed by atoms with E-state index in [2.05, 4.69) is 21.2 Å². The van der Waals surface area contributed by atoms with Gasteiger partial charge in [0.25, 0.3) is 0 Å². The van der Waals surface area contributed by atoms with Crippen molar-refractivity contribution >= 4 is 50.7 Å². The minimum atomic E-state index is -0.333. The normalized spacial score (nSPS) is 10.1. The standard InChI is InChI=1S/C9H8BrCl2NO2/c10-9-5(4-14)7(2-1-6(9)12)13-8(15)3-11/h1-2,14H,3-4H2,(H,13,15). The maximum atomic E-state index is 11.1. The smallest absolute Gasteiger partial charge is 0.239 e. The largest absolute Gasteiger partial charge is 0.392 e. The third-order valence-electron chi connectivity index (χ3n) is 1.75. The molecule has 0 aliphatic heterocycles. The number of rotatable bonds is 3. The van der Waals surface area contributed by atoms with Gasteiger partial charge in [-0.1, -0.05) is 11.6 Å². The van der Waals surface area contributed by atoms with Gasteiger partial charge in [0.05, 0.1) is 11.6 Å². The van der Waals surface area contributed by atoms with Gasteiger partial charge in [-0.25, -0.2) is 0 Å². The van der Waals surface area contributed by atoms with Gasteiger partial charge in [-0.05, 0) is 28.1 Å². The van der Waals surface area contributed by atoms with Crippen LogP contribution in [0.25, 0.3) is 0 Å². The first-order valence-corrected chi connectivity index (χ1v) is 5.74. The highest BCUT2D eigenvalue weighted by Crippen LogP contribution is 2.31. The molecule has 0 atom stereocenters. The van der Waals surface area contributed by atoms with Crippen molar-refractivity contribution in [1.29, 1.82) is 0 Å². The molecule has 6 heteroatoms. The van der Waals surface area contributed by atoms with E-state index < -0.39 is 0 Å². The zero-order valence-electron chi connectivity index (χ0n) is 7.56. The van der Waals surface area contributed by atoms with Crippen LogP contribution in [0.3, 0.4) is 0 Å². The van der Waals surface area contributed by atoms with Gasteiger partial charge in [0.2, 0.25) is 5.91 Å². The SMILES string of the molecule is O=C(CCl)Nc1ccc(Cl)c(Br)c1CO. The Morgan fingerprint density at radius 1 is 1.53 bits per heavy atom. The van der Waals surface area contributed by atoms with Crippen molar-refractivity contribution < 1.29 is 9.90 Å². The highest BCUT2D eigenvalue weighted by atomic mass is 79.9. The molecule has 0 unspecified atom stereocenters. The summed E-state index contributed by atoms with van der Waals surface area (Å²) < 4.78 is 0.569. The third kappa shape index (κ3) is 3.08. The van der Waals surface area contributed by atoms with Gasteiger partial charge in [-0.3, -0.25) is 4.79 Å². The molecule has 0 spiro atoms. The number of anilines is 1. The lowest BCUT2D eigenvalue weighted by Crippen LogP contribution is -2.14. The molecule has 0 fully saturated rings. The second-order valence-corrected chi connectivity index (χ2v) is 4.19. The third-order valence-corrected chi connectivity index (χ3v) is 3.44. The van der Waals surface area contributed by atoms with Gasteiger partial charge in [-0.15, -0.1) is 11.6 Å². The maximum absolute atomic E-state index is 11.1. The second-order valence-electron chi connectivity index (χ2n) is 2.73. The summed E-state index contributed by atoms with van der Waals surface area (Å²) in [5, 5.41) is 12.2. The van der Waals surface area contributed by atoms with E-state index in [1.807, 2.05) is 0 Å². The lowest BCUT2D eigenvalue weighted by molar-refractivity contribution is -0.113. The fourth-order valence-corrected chi connectivity index (χ4v) is 1.76. The molecule has 0 heterocycles. The summed E-state index contributed by atoms with van der Waals surface area (Å²) in [4.78, 5) is 11.1. The second kappa shape index (κ2) is 5.70. The summed E-state index contributed by atoms with van der Waals surface area (Å²) in [5.74, 6) is -0.467. The van der Waals surface area contributed by atoms with Gasteiger partial charge in [-0.2, -0.15) is 0 Å². The Morgan fingerprint density at radius 2 is 2.20 bits per heavy atom. The van der Waals surface area contributed by atoms with Crippen molar-refractivity contribution in [3.8, 4) is 0 Å². The van der Waals surface area contributed by atoms with Crippen LogP contribution < -0.4 is 5.32 Å². The number of halogens is 3. The van der Waals surface area contributed by atoms with E-state index in [4.69, 9.17) is 28.3 Å². The van der Waals surface area contributed by atoms with E-state index in [1.54, 1.807) is 12.1 Å². The highest BCUT2D eigenvalue weighted by molar-refractivity contribution is 9.10. The van der Waals surface area contributed by atoms with Gasteiger partial charge >= 0.3 is 0 Å². The van der Waals surface area contributed by atoms with Crippen molar-refractivity contribution in [3.05, 3.63) is 27.2 Å². The van der Waals surface area contributed by atoms with Crippen molar-refractivity contribution in [2.45, 2.75) is 6.61 Å². The van der Waals surface area contributed by atoms with Crippen LogP contribution in [0.1, 0.15) is 5.56 Å². The predicted octanol–water partition coefficient (Wildman–Crippen LogP) is 2.77. The van der Waals surface area contributed by atoms with Crippen molar-refractivity contribution in [2.75, 3.05) is 11.2 Å². The molecule has 0 saturated heterocycles. The molecule has 0 radical (unpaired) electrons. The first kappa shape index (κ1) is 12.8. The Labute approximate surface area is 106 Å². The Balaban J connectivity index is 3.07. The lowest BCUT2D eigenvalue weighted by atomic mass is 10.2. The molecule has 0 aliphatic rings. The molecule has 1 rings (SSSR count). The van der Waals surface area contributed by atoms with Crippen LogP contribution in [0.5, 0.6) is 0 Å². The van der Waals surface area contributed by atoms with E-state index in [9.17, 15) is 4.79 Å². The summed E-state index contributed by atoms with van der Waals surface area (Å²) in [6, 6.07) is 3.23. The molecule has 15 heavy (non-hydrogen) atoms. The fourth-order valence-electron chi connectivity index (χ4n) is 1.05. The van der Waals surface area contributed by atoms with E-state index in [1.165, 1.54) is 0 Å². The first-order chi connectivity index (χ1) is 7.10. The fraction of sp³-hybridized carbons (Fsp3) is 0.222. The van der Waals surface area contributed by atoms with E-state index in [-0.39, 0.29) is 18.4 Å². The molecule has 0 aromatic heterocycles. The number of hydrogen-bond acceptors (Lipinski definition) is 2. The minimum Gasteiger partial charge on any atom is -0.392 e. The summed E-state index contributed by atoms with van der Waals surface area (Å²) in [6.45, 7) is -0.223. The zero-order valence-corrected chi connectivity index (χ0v) is 10.7. The van der Waals surface area contributed by atoms with Crippen molar-refractivity contribution in [3.63, 3.8) is 0 Å². The number of benzene rings is 1. The number of carbonyl (C=O) groups is 1. The molecule has 1 amide bonds. The Morgan fingerprint density at radius 3 is 2.73 bits per heavy atom. The molecular weight excluding hydrogens is 305 g/mol. The van der Waals surface area contributed by atoms with Crippen LogP contribution in [-0.2, 0) is 11.4 Å². The van der Waals surface area contributed by atoms with Crippen LogP contribution in [0.2, 0.25) is 5.02 Å². The molecule has 3 nitrogen and oxygen atoms in total. The number of hydrogen-bond donors (Lipinski definition) is 2. The van der Waals surface area contributed by atoms with Crippen LogP contribution in [-0.4, -0.2) is 16.9 Å². The molecule has 2 N–H and O–H groups in total.